The first-order valence-corrected chi connectivity index (χ1v) is 19.0. The average Bonchev–Trinajstić information content (AvgIpc) is 3.40. The number of carbonyl (C=O) groups excluding carboxylic acids is 2. The van der Waals surface area contributed by atoms with E-state index in [9.17, 15) is 9.59 Å². The zero-order valence-corrected chi connectivity index (χ0v) is 31.4. The van der Waals surface area contributed by atoms with Gasteiger partial charge in [-0.15, -0.1) is 11.3 Å². The van der Waals surface area contributed by atoms with Crippen LogP contribution in [-0.4, -0.2) is 74.2 Å². The first kappa shape index (κ1) is 39.0. The van der Waals surface area contributed by atoms with E-state index < -0.39 is 0 Å². The number of fused-ring (bicyclic) bond motifs is 3. The van der Waals surface area contributed by atoms with Crippen molar-refractivity contribution in [2.75, 3.05) is 52.5 Å². The Hall–Kier alpha value is -2.48. The van der Waals surface area contributed by atoms with Crippen LogP contribution in [0.25, 0.3) is 20.2 Å². The highest BCUT2D eigenvalue weighted by molar-refractivity contribution is 7.26. The summed E-state index contributed by atoms with van der Waals surface area (Å²) >= 11 is 1.57. The van der Waals surface area contributed by atoms with Gasteiger partial charge in [-0.05, 0) is 113 Å². The summed E-state index contributed by atoms with van der Waals surface area (Å²) in [4.78, 5) is 31.3. The van der Waals surface area contributed by atoms with Gasteiger partial charge in [-0.2, -0.15) is 0 Å². The van der Waals surface area contributed by atoms with Crippen LogP contribution in [0.15, 0.2) is 36.4 Å². The lowest BCUT2D eigenvalue weighted by Gasteiger charge is -2.24. The van der Waals surface area contributed by atoms with Gasteiger partial charge in [0.25, 0.3) is 0 Å². The molecule has 1 heterocycles. The number of rotatable bonds is 22. The lowest BCUT2D eigenvalue weighted by molar-refractivity contribution is 0.0479. The number of nitrogens with zero attached hydrogens (tertiary/aromatic N) is 2. The van der Waals surface area contributed by atoms with Gasteiger partial charge in [0.1, 0.15) is 0 Å². The van der Waals surface area contributed by atoms with Gasteiger partial charge in [0.05, 0.1) is 29.0 Å². The summed E-state index contributed by atoms with van der Waals surface area (Å²) in [7, 11) is 0. The number of hydrogen-bond acceptors (Lipinski definition) is 7. The van der Waals surface area contributed by atoms with Crippen LogP contribution in [-0.2, 0) is 9.47 Å². The Morgan fingerprint density at radius 3 is 1.60 bits per heavy atom. The summed E-state index contributed by atoms with van der Waals surface area (Å²) in [6, 6.07) is 11.5. The lowest BCUT2D eigenvalue weighted by atomic mass is 10.1. The minimum absolute atomic E-state index is 0.284. The summed E-state index contributed by atoms with van der Waals surface area (Å²) in [5.74, 6) is 2.14. The second-order valence-corrected chi connectivity index (χ2v) is 15.9. The number of carbonyl (C=O) groups is 2. The maximum atomic E-state index is 13.2. The molecule has 0 atom stereocenters. The Morgan fingerprint density at radius 1 is 0.617 bits per heavy atom. The molecule has 262 valence electrons. The van der Waals surface area contributed by atoms with Crippen LogP contribution in [0.3, 0.4) is 0 Å². The van der Waals surface area contributed by atoms with E-state index in [-0.39, 0.29) is 11.9 Å². The van der Waals surface area contributed by atoms with Gasteiger partial charge in [0.2, 0.25) is 0 Å². The molecule has 0 saturated heterocycles. The highest BCUT2D eigenvalue weighted by Gasteiger charge is 2.18. The van der Waals surface area contributed by atoms with Crippen molar-refractivity contribution in [3.63, 3.8) is 0 Å². The Bertz CT molecular complexity index is 1360. The van der Waals surface area contributed by atoms with Gasteiger partial charge in [0.15, 0.2) is 0 Å². The normalized spacial score (nSPS) is 12.2. The maximum Gasteiger partial charge on any atom is 0.339 e. The Kier molecular flexibility index (Phi) is 16.7. The predicted molar refractivity (Wildman–Crippen MR) is 200 cm³/mol. The maximum absolute atomic E-state index is 13.2. The smallest absolute Gasteiger partial charge is 0.339 e. The third kappa shape index (κ3) is 13.5. The Labute approximate surface area is 289 Å². The van der Waals surface area contributed by atoms with Crippen LogP contribution in [0.4, 0.5) is 0 Å². The molecule has 6 nitrogen and oxygen atoms in total. The summed E-state index contributed by atoms with van der Waals surface area (Å²) < 4.78 is 13.4. The van der Waals surface area contributed by atoms with E-state index >= 15 is 0 Å². The molecular weight excluding hydrogens is 605 g/mol. The fourth-order valence-corrected chi connectivity index (χ4v) is 6.77. The predicted octanol–water partition coefficient (Wildman–Crippen LogP) is 9.94. The molecule has 0 fully saturated rings. The standard InChI is InChI=1S/C40H62N2O4S/c1-29(2)16-22-41(23-17-30(3)4)20-10-26-45-39(43)33-14-15-37-36(28-33)34-12-9-13-35(38(34)47-37)40(44)46-27-11-21-42(24-18-31(5)6)25-19-32(7)8/h9,12-15,28-32H,10-11,16-27H2,1-8H3. The van der Waals surface area contributed by atoms with Gasteiger partial charge >= 0.3 is 11.9 Å². The molecule has 0 aliphatic carbocycles. The molecule has 47 heavy (non-hydrogen) atoms. The fourth-order valence-electron chi connectivity index (χ4n) is 5.59. The molecule has 1 aromatic heterocycles. The molecule has 0 spiro atoms. The first-order valence-electron chi connectivity index (χ1n) is 18.2. The summed E-state index contributed by atoms with van der Waals surface area (Å²) in [5, 5.41) is 1.93. The molecule has 0 amide bonds. The molecule has 0 radical (unpaired) electrons. The molecule has 3 rings (SSSR count). The monoisotopic (exact) mass is 666 g/mol. The highest BCUT2D eigenvalue weighted by atomic mass is 32.1. The largest absolute Gasteiger partial charge is 0.462 e. The lowest BCUT2D eigenvalue weighted by Crippen LogP contribution is -2.29. The second kappa shape index (κ2) is 20.1. The van der Waals surface area contributed by atoms with Crippen LogP contribution in [0.1, 0.15) is 115 Å². The van der Waals surface area contributed by atoms with Crippen LogP contribution >= 0.6 is 11.3 Å². The first-order chi connectivity index (χ1) is 22.4. The molecule has 0 aliphatic rings. The van der Waals surface area contributed by atoms with Gasteiger partial charge in [-0.25, -0.2) is 9.59 Å². The van der Waals surface area contributed by atoms with Crippen molar-refractivity contribution in [2.24, 2.45) is 23.7 Å². The van der Waals surface area contributed by atoms with Gasteiger partial charge in [0, 0.05) is 28.6 Å². The van der Waals surface area contributed by atoms with E-state index in [1.807, 2.05) is 36.4 Å². The van der Waals surface area contributed by atoms with Crippen LogP contribution < -0.4 is 0 Å². The molecule has 3 aromatic rings. The zero-order chi connectivity index (χ0) is 34.3. The molecule has 0 bridgehead atoms. The van der Waals surface area contributed by atoms with Crippen molar-refractivity contribution in [3.8, 4) is 0 Å². The SMILES string of the molecule is CC(C)CCN(CCCOC(=O)c1ccc2sc3c(C(=O)OCCCN(CCC(C)C)CCC(C)C)cccc3c2c1)CCC(C)C. The minimum Gasteiger partial charge on any atom is -0.462 e. The van der Waals surface area contributed by atoms with E-state index in [0.29, 0.717) is 48.0 Å². The molecule has 0 saturated carbocycles. The second-order valence-electron chi connectivity index (χ2n) is 14.9. The number of benzene rings is 2. The van der Waals surface area contributed by atoms with E-state index in [4.69, 9.17) is 9.47 Å². The Balaban J connectivity index is 1.58. The van der Waals surface area contributed by atoms with E-state index in [1.165, 1.54) is 25.7 Å². The average molecular weight is 667 g/mol. The fraction of sp³-hybridized carbons (Fsp3) is 0.650. The van der Waals surface area contributed by atoms with Crippen molar-refractivity contribution >= 4 is 43.4 Å². The summed E-state index contributed by atoms with van der Waals surface area (Å²) in [5.41, 5.74) is 1.13. The molecular formula is C40H62N2O4S. The number of thiophene rings is 1. The summed E-state index contributed by atoms with van der Waals surface area (Å²) in [6.45, 7) is 25.2. The number of esters is 2. The van der Waals surface area contributed by atoms with Crippen molar-refractivity contribution in [2.45, 2.75) is 93.9 Å². The Morgan fingerprint density at radius 2 is 1.11 bits per heavy atom. The third-order valence-corrected chi connectivity index (χ3v) is 9.97. The van der Waals surface area contributed by atoms with Crippen molar-refractivity contribution in [1.82, 2.24) is 9.80 Å². The zero-order valence-electron chi connectivity index (χ0n) is 30.6. The highest BCUT2D eigenvalue weighted by Crippen LogP contribution is 2.36. The van der Waals surface area contributed by atoms with Crippen LogP contribution in [0, 0.1) is 23.7 Å². The number of hydrogen-bond donors (Lipinski definition) is 0. The van der Waals surface area contributed by atoms with E-state index in [0.717, 1.165) is 72.3 Å². The topological polar surface area (TPSA) is 59.1 Å². The van der Waals surface area contributed by atoms with Crippen molar-refractivity contribution in [3.05, 3.63) is 47.5 Å². The van der Waals surface area contributed by atoms with Crippen molar-refractivity contribution in [1.29, 1.82) is 0 Å². The van der Waals surface area contributed by atoms with E-state index in [1.54, 1.807) is 11.3 Å². The van der Waals surface area contributed by atoms with Crippen molar-refractivity contribution < 1.29 is 19.1 Å². The van der Waals surface area contributed by atoms with Crippen LogP contribution in [0.2, 0.25) is 0 Å². The molecule has 2 aromatic carbocycles. The molecule has 7 heteroatoms. The third-order valence-electron chi connectivity index (χ3n) is 8.75. The molecule has 0 unspecified atom stereocenters. The van der Waals surface area contributed by atoms with Gasteiger partial charge in [-0.1, -0.05) is 67.5 Å². The minimum atomic E-state index is -0.298. The molecule has 0 N–H and O–H groups in total. The number of ether oxygens (including phenoxy) is 2. The summed E-state index contributed by atoms with van der Waals surface area (Å²) in [6.07, 6.45) is 6.38. The van der Waals surface area contributed by atoms with Crippen LogP contribution in [0.5, 0.6) is 0 Å². The molecule has 0 aliphatic heterocycles. The quantitative estimate of drug-likeness (QED) is 0.0786. The van der Waals surface area contributed by atoms with Gasteiger partial charge < -0.3 is 19.3 Å². The van der Waals surface area contributed by atoms with E-state index in [2.05, 4.69) is 65.2 Å². The van der Waals surface area contributed by atoms with Gasteiger partial charge in [-0.3, -0.25) is 0 Å².